The number of rotatable bonds is 37. The van der Waals surface area contributed by atoms with Crippen LogP contribution in [0.15, 0.2) is 0 Å². The van der Waals surface area contributed by atoms with Crippen LogP contribution in [0.4, 0.5) is 0 Å². The van der Waals surface area contributed by atoms with Crippen LogP contribution in [-0.2, 0) is 19.1 Å². The Kier molecular flexibility index (Phi) is 35.3. The molecular weight excluding hydrogens is 584 g/mol. The Morgan fingerprint density at radius 3 is 1.00 bits per heavy atom. The Hall–Kier alpha value is -1.10. The largest absolute Gasteiger partial charge is 0.462 e. The molecule has 0 aliphatic rings. The highest BCUT2D eigenvalue weighted by atomic mass is 16.6. The van der Waals surface area contributed by atoms with E-state index in [2.05, 4.69) is 27.7 Å². The van der Waals surface area contributed by atoms with Crippen LogP contribution in [0.2, 0.25) is 0 Å². The molecule has 0 heterocycles. The fraction of sp³-hybridized carbons (Fsp3) is 0.952. The van der Waals surface area contributed by atoms with Crippen LogP contribution < -0.4 is 0 Å². The second-order valence-electron chi connectivity index (χ2n) is 15.4. The first kappa shape index (κ1) is 45.9. The van der Waals surface area contributed by atoms with Crippen LogP contribution >= 0.6 is 0 Å². The second-order valence-corrected chi connectivity index (χ2v) is 15.4. The number of unbranched alkanes of at least 4 members (excludes halogenated alkanes) is 25. The molecule has 0 amide bonds. The lowest BCUT2D eigenvalue weighted by Gasteiger charge is -2.15. The highest BCUT2D eigenvalue weighted by Crippen LogP contribution is 2.17. The molecule has 1 atom stereocenters. The normalized spacial score (nSPS) is 12.2. The van der Waals surface area contributed by atoms with Gasteiger partial charge in [-0.25, -0.2) is 0 Å². The van der Waals surface area contributed by atoms with Crippen LogP contribution in [-0.4, -0.2) is 36.4 Å². The van der Waals surface area contributed by atoms with Crippen molar-refractivity contribution in [2.45, 2.75) is 233 Å². The van der Waals surface area contributed by atoms with Gasteiger partial charge in [0.25, 0.3) is 0 Å². The maximum absolute atomic E-state index is 12.2. The number of aliphatic hydroxyl groups excluding tert-OH is 1. The summed E-state index contributed by atoms with van der Waals surface area (Å²) in [7, 11) is 0. The summed E-state index contributed by atoms with van der Waals surface area (Å²) in [6.07, 6.45) is 37.4. The van der Waals surface area contributed by atoms with Crippen LogP contribution in [0.3, 0.4) is 0 Å². The van der Waals surface area contributed by atoms with Crippen molar-refractivity contribution in [1.82, 2.24) is 0 Å². The van der Waals surface area contributed by atoms with E-state index in [1.807, 2.05) is 0 Å². The lowest BCUT2D eigenvalue weighted by Crippen LogP contribution is -2.28. The predicted molar refractivity (Wildman–Crippen MR) is 201 cm³/mol. The summed E-state index contributed by atoms with van der Waals surface area (Å²) in [6, 6.07) is 0. The van der Waals surface area contributed by atoms with Crippen LogP contribution in [0.5, 0.6) is 0 Å². The molecule has 47 heavy (non-hydrogen) atoms. The van der Waals surface area contributed by atoms with Crippen molar-refractivity contribution in [3.8, 4) is 0 Å². The Labute approximate surface area is 293 Å². The Balaban J connectivity index is 3.49. The lowest BCUT2D eigenvalue weighted by molar-refractivity contribution is -0.161. The minimum atomic E-state index is -0.763. The molecule has 0 aromatic rings. The predicted octanol–water partition coefficient (Wildman–Crippen LogP) is 12.8. The van der Waals surface area contributed by atoms with E-state index in [4.69, 9.17) is 9.47 Å². The van der Waals surface area contributed by atoms with Crippen molar-refractivity contribution in [2.75, 3.05) is 13.2 Å². The molecule has 0 aliphatic heterocycles. The van der Waals surface area contributed by atoms with E-state index in [1.165, 1.54) is 154 Å². The van der Waals surface area contributed by atoms with Gasteiger partial charge in [-0.1, -0.05) is 201 Å². The number of aliphatic hydroxyl groups is 1. The van der Waals surface area contributed by atoms with Crippen LogP contribution in [0.1, 0.15) is 227 Å². The third kappa shape index (κ3) is 37.6. The summed E-state index contributed by atoms with van der Waals surface area (Å²) in [4.78, 5) is 24.3. The summed E-state index contributed by atoms with van der Waals surface area (Å²) < 4.78 is 10.6. The molecular formula is C42H82O5. The molecule has 5 heteroatoms. The first-order chi connectivity index (χ1) is 22.8. The standard InChI is InChI=1S/C42H82O5/c1-38(2)32-28-24-20-16-12-8-6-5-7-9-15-19-23-27-31-35-42(45)47-40(36-43)37-46-41(44)34-30-26-22-18-14-11-10-13-17-21-25-29-33-39(3)4/h38-40,43H,5-37H2,1-4H3/t40-/m0/s1. The fourth-order valence-electron chi connectivity index (χ4n) is 6.34. The fourth-order valence-corrected chi connectivity index (χ4v) is 6.34. The van der Waals surface area contributed by atoms with E-state index in [9.17, 15) is 14.7 Å². The highest BCUT2D eigenvalue weighted by molar-refractivity contribution is 5.70. The molecule has 0 unspecified atom stereocenters. The van der Waals surface area contributed by atoms with Crippen molar-refractivity contribution < 1.29 is 24.2 Å². The van der Waals surface area contributed by atoms with Gasteiger partial charge in [-0.3, -0.25) is 9.59 Å². The van der Waals surface area contributed by atoms with Gasteiger partial charge in [0.2, 0.25) is 0 Å². The quantitative estimate of drug-likeness (QED) is 0.0527. The molecule has 0 rings (SSSR count). The first-order valence-corrected chi connectivity index (χ1v) is 20.8. The molecule has 0 fully saturated rings. The Bertz CT molecular complexity index is 661. The molecule has 0 saturated heterocycles. The van der Waals surface area contributed by atoms with Crippen molar-refractivity contribution in [3.63, 3.8) is 0 Å². The summed E-state index contributed by atoms with van der Waals surface area (Å²) in [5.74, 6) is 1.12. The van der Waals surface area contributed by atoms with Gasteiger partial charge in [-0.05, 0) is 24.7 Å². The molecule has 1 N–H and O–H groups in total. The topological polar surface area (TPSA) is 72.8 Å². The van der Waals surface area contributed by atoms with Gasteiger partial charge in [-0.15, -0.1) is 0 Å². The molecule has 0 aliphatic carbocycles. The van der Waals surface area contributed by atoms with E-state index in [1.54, 1.807) is 0 Å². The minimum Gasteiger partial charge on any atom is -0.462 e. The van der Waals surface area contributed by atoms with Gasteiger partial charge in [0.05, 0.1) is 6.61 Å². The van der Waals surface area contributed by atoms with Gasteiger partial charge in [0.1, 0.15) is 6.61 Å². The molecule has 0 saturated carbocycles. The third-order valence-corrected chi connectivity index (χ3v) is 9.51. The third-order valence-electron chi connectivity index (χ3n) is 9.51. The monoisotopic (exact) mass is 667 g/mol. The number of esters is 2. The van der Waals surface area contributed by atoms with E-state index < -0.39 is 6.10 Å². The van der Waals surface area contributed by atoms with Gasteiger partial charge in [0.15, 0.2) is 6.10 Å². The number of hydrogen-bond donors (Lipinski definition) is 1. The maximum Gasteiger partial charge on any atom is 0.306 e. The summed E-state index contributed by atoms with van der Waals surface area (Å²) in [6.45, 7) is 8.87. The zero-order valence-electron chi connectivity index (χ0n) is 32.1. The Morgan fingerprint density at radius 1 is 0.426 bits per heavy atom. The van der Waals surface area contributed by atoms with Crippen molar-refractivity contribution in [3.05, 3.63) is 0 Å². The van der Waals surface area contributed by atoms with Gasteiger partial charge in [0, 0.05) is 12.8 Å². The van der Waals surface area contributed by atoms with Crippen LogP contribution in [0, 0.1) is 11.8 Å². The molecule has 0 radical (unpaired) electrons. The molecule has 0 bridgehead atoms. The number of carbonyl (C=O) groups excluding carboxylic acids is 2. The van der Waals surface area contributed by atoms with Crippen molar-refractivity contribution in [2.24, 2.45) is 11.8 Å². The molecule has 0 aromatic carbocycles. The van der Waals surface area contributed by atoms with Gasteiger partial charge >= 0.3 is 11.9 Å². The zero-order chi connectivity index (χ0) is 34.6. The maximum atomic E-state index is 12.2. The van der Waals surface area contributed by atoms with E-state index in [0.29, 0.717) is 12.8 Å². The van der Waals surface area contributed by atoms with E-state index >= 15 is 0 Å². The van der Waals surface area contributed by atoms with E-state index in [-0.39, 0.29) is 25.2 Å². The lowest BCUT2D eigenvalue weighted by atomic mass is 10.0. The molecule has 0 spiro atoms. The summed E-state index contributed by atoms with van der Waals surface area (Å²) in [5.41, 5.74) is 0. The van der Waals surface area contributed by atoms with E-state index in [0.717, 1.165) is 43.9 Å². The SMILES string of the molecule is CC(C)CCCCCCCCCCCCCCCCCC(=O)O[C@@H](CO)COC(=O)CCCCCCCCCCCCCCC(C)C. The number of hydrogen-bond acceptors (Lipinski definition) is 5. The zero-order valence-corrected chi connectivity index (χ0v) is 32.1. The molecule has 0 aromatic heterocycles. The number of carbonyl (C=O) groups is 2. The number of ether oxygens (including phenoxy) is 2. The molecule has 5 nitrogen and oxygen atoms in total. The van der Waals surface area contributed by atoms with Crippen LogP contribution in [0.25, 0.3) is 0 Å². The van der Waals surface area contributed by atoms with Crippen molar-refractivity contribution in [1.29, 1.82) is 0 Å². The van der Waals surface area contributed by atoms with Crippen molar-refractivity contribution >= 4 is 11.9 Å². The minimum absolute atomic E-state index is 0.0583. The summed E-state index contributed by atoms with van der Waals surface area (Å²) >= 11 is 0. The van der Waals surface area contributed by atoms with Gasteiger partial charge < -0.3 is 14.6 Å². The second kappa shape index (κ2) is 36.2. The average Bonchev–Trinajstić information content (AvgIpc) is 3.04. The average molecular weight is 667 g/mol. The Morgan fingerprint density at radius 2 is 0.702 bits per heavy atom. The molecule has 280 valence electrons. The summed E-state index contributed by atoms with van der Waals surface area (Å²) in [5, 5.41) is 9.56. The smallest absolute Gasteiger partial charge is 0.306 e. The first-order valence-electron chi connectivity index (χ1n) is 20.8. The highest BCUT2D eigenvalue weighted by Gasteiger charge is 2.16. The van der Waals surface area contributed by atoms with Gasteiger partial charge in [-0.2, -0.15) is 0 Å².